The number of ether oxygens (including phenoxy) is 1. The molecule has 0 aliphatic carbocycles. The molecule has 2 aromatic carbocycles. The van der Waals surface area contributed by atoms with Crippen LogP contribution in [-0.4, -0.2) is 24.0 Å². The first-order chi connectivity index (χ1) is 14.1. The summed E-state index contributed by atoms with van der Waals surface area (Å²) in [5, 5.41) is 14.0. The zero-order valence-corrected chi connectivity index (χ0v) is 16.8. The van der Waals surface area contributed by atoms with Crippen molar-refractivity contribution in [1.82, 2.24) is 10.3 Å². The second-order valence-electron chi connectivity index (χ2n) is 6.84. The van der Waals surface area contributed by atoms with E-state index in [1.807, 2.05) is 55.5 Å². The van der Waals surface area contributed by atoms with Crippen LogP contribution >= 0.6 is 0 Å². The van der Waals surface area contributed by atoms with Gasteiger partial charge < -0.3 is 10.1 Å². The van der Waals surface area contributed by atoms with Crippen molar-refractivity contribution in [2.24, 2.45) is 0 Å². The molecule has 1 aromatic heterocycles. The Bertz CT molecular complexity index is 1020. The topological polar surface area (TPSA) is 87.1 Å². The standard InChI is InChI=1S/C23H26N4O2/c1-3-4-7-13-29-21-12-8-11-18-20(27-23(24)25-15-28)14-19(26-22(18)21)17-10-6-5-9-16(17)2/h5-6,8-12,14-15H,3-4,7,13H2,1-2H3,(H3,24,25,26,27,28). The molecule has 29 heavy (non-hydrogen) atoms. The van der Waals surface area contributed by atoms with Gasteiger partial charge in [-0.25, -0.2) is 4.98 Å². The summed E-state index contributed by atoms with van der Waals surface area (Å²) in [6.45, 7) is 4.83. The monoisotopic (exact) mass is 390 g/mol. The maximum Gasteiger partial charge on any atom is 0.213 e. The lowest BCUT2D eigenvalue weighted by molar-refractivity contribution is -0.108. The van der Waals surface area contributed by atoms with Crippen LogP contribution in [0, 0.1) is 12.3 Å². The second-order valence-corrected chi connectivity index (χ2v) is 6.84. The maximum absolute atomic E-state index is 10.7. The van der Waals surface area contributed by atoms with Crippen molar-refractivity contribution in [2.45, 2.75) is 33.1 Å². The molecule has 0 unspecified atom stereocenters. The van der Waals surface area contributed by atoms with Crippen LogP contribution in [0.3, 0.4) is 0 Å². The summed E-state index contributed by atoms with van der Waals surface area (Å²) in [6.07, 6.45) is 3.72. The van der Waals surface area contributed by atoms with Crippen LogP contribution in [0.1, 0.15) is 31.7 Å². The summed E-state index contributed by atoms with van der Waals surface area (Å²) in [4.78, 5) is 15.6. The predicted molar refractivity (Wildman–Crippen MR) is 117 cm³/mol. The third kappa shape index (κ3) is 4.90. The maximum atomic E-state index is 10.7. The third-order valence-electron chi connectivity index (χ3n) is 4.69. The first kappa shape index (κ1) is 20.3. The van der Waals surface area contributed by atoms with Gasteiger partial charge in [-0.05, 0) is 31.0 Å². The number of nitrogens with zero attached hydrogens (tertiary/aromatic N) is 1. The second kappa shape index (κ2) is 9.68. The van der Waals surface area contributed by atoms with Gasteiger partial charge in [0.2, 0.25) is 6.41 Å². The number of amides is 1. The number of fused-ring (bicyclic) bond motifs is 1. The Morgan fingerprint density at radius 1 is 1.17 bits per heavy atom. The predicted octanol–water partition coefficient (Wildman–Crippen LogP) is 4.87. The molecule has 0 bridgehead atoms. The first-order valence-electron chi connectivity index (χ1n) is 9.82. The normalized spacial score (nSPS) is 10.6. The Kier molecular flexibility index (Phi) is 6.79. The van der Waals surface area contributed by atoms with E-state index in [1.165, 1.54) is 0 Å². The highest BCUT2D eigenvalue weighted by atomic mass is 16.5. The molecule has 6 nitrogen and oxygen atoms in total. The summed E-state index contributed by atoms with van der Waals surface area (Å²) in [7, 11) is 0. The summed E-state index contributed by atoms with van der Waals surface area (Å²) >= 11 is 0. The van der Waals surface area contributed by atoms with E-state index in [0.717, 1.165) is 47.0 Å². The Morgan fingerprint density at radius 2 is 2.00 bits per heavy atom. The lowest BCUT2D eigenvalue weighted by Gasteiger charge is -2.15. The SMILES string of the molecule is CCCCCOc1cccc2c(NC(=N)NC=O)cc(-c3ccccc3C)nc12. The van der Waals surface area contributed by atoms with E-state index in [2.05, 4.69) is 17.6 Å². The molecule has 0 saturated carbocycles. The molecule has 3 N–H and O–H groups in total. The molecule has 0 saturated heterocycles. The molecule has 0 atom stereocenters. The van der Waals surface area contributed by atoms with Gasteiger partial charge in [0.15, 0.2) is 5.96 Å². The van der Waals surface area contributed by atoms with Crippen molar-refractivity contribution in [1.29, 1.82) is 5.41 Å². The number of para-hydroxylation sites is 1. The minimum atomic E-state index is -0.0995. The number of hydrogen-bond donors (Lipinski definition) is 3. The van der Waals surface area contributed by atoms with E-state index < -0.39 is 0 Å². The third-order valence-corrected chi connectivity index (χ3v) is 4.69. The number of guanidine groups is 1. The number of hydrogen-bond acceptors (Lipinski definition) is 4. The van der Waals surface area contributed by atoms with E-state index in [9.17, 15) is 4.79 Å². The first-order valence-corrected chi connectivity index (χ1v) is 9.82. The van der Waals surface area contributed by atoms with Crippen LogP contribution in [0.25, 0.3) is 22.2 Å². The van der Waals surface area contributed by atoms with Crippen molar-refractivity contribution < 1.29 is 9.53 Å². The highest BCUT2D eigenvalue weighted by Gasteiger charge is 2.13. The zero-order valence-electron chi connectivity index (χ0n) is 16.8. The smallest absolute Gasteiger partial charge is 0.213 e. The van der Waals surface area contributed by atoms with Crippen LogP contribution in [0.15, 0.2) is 48.5 Å². The highest BCUT2D eigenvalue weighted by molar-refractivity contribution is 6.06. The Labute approximate surface area is 170 Å². The lowest BCUT2D eigenvalue weighted by atomic mass is 10.0. The van der Waals surface area contributed by atoms with Crippen molar-refractivity contribution in [3.05, 3.63) is 54.1 Å². The number of aryl methyl sites for hydroxylation is 1. The number of carbonyl (C=O) groups excluding carboxylic acids is 1. The number of anilines is 1. The van der Waals surface area contributed by atoms with Gasteiger partial charge in [-0.15, -0.1) is 0 Å². The Balaban J connectivity index is 2.10. The van der Waals surface area contributed by atoms with Crippen molar-refractivity contribution in [2.75, 3.05) is 11.9 Å². The summed E-state index contributed by atoms with van der Waals surface area (Å²) in [6, 6.07) is 15.7. The Morgan fingerprint density at radius 3 is 2.76 bits per heavy atom. The molecule has 1 heterocycles. The number of nitrogens with one attached hydrogen (secondary N) is 3. The van der Waals surface area contributed by atoms with Gasteiger partial charge in [0.1, 0.15) is 11.3 Å². The highest BCUT2D eigenvalue weighted by Crippen LogP contribution is 2.34. The fourth-order valence-corrected chi connectivity index (χ4v) is 3.20. The van der Waals surface area contributed by atoms with Crippen LogP contribution < -0.4 is 15.4 Å². The molecule has 3 aromatic rings. The minimum absolute atomic E-state index is 0.0995. The van der Waals surface area contributed by atoms with Gasteiger partial charge in [-0.2, -0.15) is 0 Å². The van der Waals surface area contributed by atoms with Crippen LogP contribution in [0.2, 0.25) is 0 Å². The van der Waals surface area contributed by atoms with E-state index in [-0.39, 0.29) is 5.96 Å². The molecule has 1 amide bonds. The van der Waals surface area contributed by atoms with E-state index >= 15 is 0 Å². The molecule has 6 heteroatoms. The average molecular weight is 390 g/mol. The number of aromatic nitrogens is 1. The molecular formula is C23H26N4O2. The quantitative estimate of drug-likeness (QED) is 0.222. The van der Waals surface area contributed by atoms with Gasteiger partial charge in [-0.1, -0.05) is 56.2 Å². The fraction of sp³-hybridized carbons (Fsp3) is 0.261. The van der Waals surface area contributed by atoms with Gasteiger partial charge in [0, 0.05) is 10.9 Å². The minimum Gasteiger partial charge on any atom is -0.491 e. The molecule has 0 aliphatic heterocycles. The fourth-order valence-electron chi connectivity index (χ4n) is 3.20. The molecule has 0 fully saturated rings. The lowest BCUT2D eigenvalue weighted by Crippen LogP contribution is -2.28. The van der Waals surface area contributed by atoms with Crippen molar-refractivity contribution >= 4 is 29.0 Å². The van der Waals surface area contributed by atoms with Gasteiger partial charge in [0.05, 0.1) is 18.0 Å². The summed E-state index contributed by atoms with van der Waals surface area (Å²) in [5.74, 6) is 0.615. The molecular weight excluding hydrogens is 364 g/mol. The molecule has 0 aliphatic rings. The van der Waals surface area contributed by atoms with Crippen LogP contribution in [0.5, 0.6) is 5.75 Å². The number of unbranched alkanes of at least 4 members (excludes halogenated alkanes) is 2. The summed E-state index contributed by atoms with van der Waals surface area (Å²) < 4.78 is 6.03. The molecule has 3 rings (SSSR count). The zero-order chi connectivity index (χ0) is 20.6. The van der Waals surface area contributed by atoms with E-state index in [0.29, 0.717) is 24.5 Å². The van der Waals surface area contributed by atoms with Gasteiger partial charge in [0.25, 0.3) is 0 Å². The van der Waals surface area contributed by atoms with Crippen LogP contribution in [0.4, 0.5) is 5.69 Å². The van der Waals surface area contributed by atoms with E-state index in [4.69, 9.17) is 15.1 Å². The van der Waals surface area contributed by atoms with Gasteiger partial charge in [-0.3, -0.25) is 15.5 Å². The Hall–Kier alpha value is -3.41. The number of rotatable bonds is 8. The van der Waals surface area contributed by atoms with E-state index in [1.54, 1.807) is 0 Å². The molecule has 0 spiro atoms. The molecule has 0 radical (unpaired) electrons. The number of pyridine rings is 1. The van der Waals surface area contributed by atoms with Crippen LogP contribution in [-0.2, 0) is 4.79 Å². The number of benzene rings is 2. The average Bonchev–Trinajstić information content (AvgIpc) is 2.72. The molecule has 150 valence electrons. The van der Waals surface area contributed by atoms with Gasteiger partial charge >= 0.3 is 0 Å². The van der Waals surface area contributed by atoms with Crippen molar-refractivity contribution in [3.8, 4) is 17.0 Å². The number of carbonyl (C=O) groups is 1. The van der Waals surface area contributed by atoms with Crippen molar-refractivity contribution in [3.63, 3.8) is 0 Å². The largest absolute Gasteiger partial charge is 0.491 e. The summed E-state index contributed by atoms with van der Waals surface area (Å²) in [5.41, 5.74) is 4.31.